The highest BCUT2D eigenvalue weighted by atomic mass is 16.5. The molecule has 2 aliphatic rings. The highest BCUT2D eigenvalue weighted by Gasteiger charge is 2.38. The third-order valence-electron chi connectivity index (χ3n) is 13.6. The van der Waals surface area contributed by atoms with E-state index in [1.807, 2.05) is 0 Å². The number of hydrogen-bond acceptors (Lipinski definition) is 1. The predicted octanol–water partition coefficient (Wildman–Crippen LogP) is 16.6. The average Bonchev–Trinajstić information content (AvgIpc) is 3.73. The fourth-order valence-electron chi connectivity index (χ4n) is 11.0. The van der Waals surface area contributed by atoms with E-state index in [2.05, 4.69) is 231 Å². The van der Waals surface area contributed by atoms with E-state index in [9.17, 15) is 0 Å². The van der Waals surface area contributed by atoms with E-state index in [4.69, 9.17) is 4.74 Å². The number of hydrogen-bond donors (Lipinski definition) is 0. The second kappa shape index (κ2) is 14.3. The molecule has 0 fully saturated rings. The summed E-state index contributed by atoms with van der Waals surface area (Å²) in [4.78, 5) is 0. The normalized spacial score (nSPS) is 15.5. The van der Waals surface area contributed by atoms with Gasteiger partial charge in [0, 0.05) is 17.1 Å². The molecule has 0 bridgehead atoms. The SMILES string of the molecule is C1=CC2c3cc(-c4c5ccccc5c(-c5ccc(-c6ccccc6)c6ccccc56)c5ccccc45)ccc3OC2C(c2c3ccccc3c(-c3ccccc3)c3ccccc23)=C1. The van der Waals surface area contributed by atoms with Crippen molar-refractivity contribution in [1.82, 2.24) is 0 Å². The first-order chi connectivity index (χ1) is 31.3. The number of rotatable bonds is 5. The van der Waals surface area contributed by atoms with Crippen LogP contribution in [0.25, 0.3) is 104 Å². The molecular formula is C62H40O. The van der Waals surface area contributed by atoms with Gasteiger partial charge in [0.05, 0.1) is 0 Å². The molecule has 2 atom stereocenters. The fourth-order valence-corrected chi connectivity index (χ4v) is 11.0. The van der Waals surface area contributed by atoms with E-state index in [0.717, 1.165) is 5.75 Å². The number of ether oxygens (including phenoxy) is 1. The molecule has 11 aromatic carbocycles. The molecule has 0 spiro atoms. The Morgan fingerprint density at radius 2 is 0.746 bits per heavy atom. The second-order valence-electron chi connectivity index (χ2n) is 16.9. The van der Waals surface area contributed by atoms with Crippen LogP contribution in [0.3, 0.4) is 0 Å². The van der Waals surface area contributed by atoms with Gasteiger partial charge in [0.25, 0.3) is 0 Å². The first-order valence-corrected chi connectivity index (χ1v) is 22.0. The summed E-state index contributed by atoms with van der Waals surface area (Å²) in [5.41, 5.74) is 13.7. The van der Waals surface area contributed by atoms with E-state index in [-0.39, 0.29) is 12.0 Å². The zero-order valence-electron chi connectivity index (χ0n) is 34.5. The molecule has 1 aliphatic carbocycles. The number of fused-ring (bicyclic) bond motifs is 8. The maximum absolute atomic E-state index is 7.10. The maximum atomic E-state index is 7.10. The summed E-state index contributed by atoms with van der Waals surface area (Å²) >= 11 is 0. The Morgan fingerprint density at radius 1 is 0.317 bits per heavy atom. The van der Waals surface area contributed by atoms with Crippen LogP contribution >= 0.6 is 0 Å². The summed E-state index contributed by atoms with van der Waals surface area (Å²) in [7, 11) is 0. The van der Waals surface area contributed by atoms with Crippen molar-refractivity contribution >= 4 is 59.4 Å². The Balaban J connectivity index is 0.965. The van der Waals surface area contributed by atoms with E-state index in [1.54, 1.807) is 0 Å². The van der Waals surface area contributed by atoms with Gasteiger partial charge in [0.1, 0.15) is 11.9 Å². The highest BCUT2D eigenvalue weighted by molar-refractivity contribution is 6.24. The molecule has 0 saturated carbocycles. The minimum atomic E-state index is -0.155. The molecule has 1 heterocycles. The van der Waals surface area contributed by atoms with Gasteiger partial charge >= 0.3 is 0 Å². The number of allylic oxidation sites excluding steroid dienone is 2. The molecule has 0 amide bonds. The zero-order chi connectivity index (χ0) is 41.4. The average molecular weight is 801 g/mol. The monoisotopic (exact) mass is 800 g/mol. The lowest BCUT2D eigenvalue weighted by molar-refractivity contribution is 0.278. The Hall–Kier alpha value is -8.00. The van der Waals surface area contributed by atoms with Crippen LogP contribution in [0.15, 0.2) is 231 Å². The molecule has 63 heavy (non-hydrogen) atoms. The summed E-state index contributed by atoms with van der Waals surface area (Å²) < 4.78 is 7.10. The molecule has 0 aromatic heterocycles. The van der Waals surface area contributed by atoms with Crippen molar-refractivity contribution in [3.8, 4) is 50.3 Å². The van der Waals surface area contributed by atoms with Crippen LogP contribution in [0.2, 0.25) is 0 Å². The Bertz CT molecular complexity index is 3590. The van der Waals surface area contributed by atoms with Crippen LogP contribution in [0.1, 0.15) is 17.0 Å². The Morgan fingerprint density at radius 3 is 1.30 bits per heavy atom. The van der Waals surface area contributed by atoms with Crippen molar-refractivity contribution < 1.29 is 4.74 Å². The van der Waals surface area contributed by atoms with Crippen molar-refractivity contribution in [2.75, 3.05) is 0 Å². The Labute approximate surface area is 366 Å². The minimum absolute atomic E-state index is 0.0672. The quantitative estimate of drug-likeness (QED) is 0.158. The van der Waals surface area contributed by atoms with Gasteiger partial charge in [-0.15, -0.1) is 0 Å². The molecule has 0 radical (unpaired) electrons. The first kappa shape index (κ1) is 35.7. The van der Waals surface area contributed by atoms with E-state index in [1.165, 1.54) is 115 Å². The van der Waals surface area contributed by atoms with Gasteiger partial charge in [-0.2, -0.15) is 0 Å². The van der Waals surface area contributed by atoms with E-state index in [0.29, 0.717) is 0 Å². The minimum Gasteiger partial charge on any atom is -0.484 e. The molecule has 11 aromatic rings. The summed E-state index contributed by atoms with van der Waals surface area (Å²) in [6, 6.07) is 77.8. The van der Waals surface area contributed by atoms with Crippen molar-refractivity contribution in [3.63, 3.8) is 0 Å². The molecule has 1 heteroatoms. The van der Waals surface area contributed by atoms with Gasteiger partial charge in [0.15, 0.2) is 0 Å². The van der Waals surface area contributed by atoms with Gasteiger partial charge < -0.3 is 4.74 Å². The molecule has 1 aliphatic heterocycles. The largest absolute Gasteiger partial charge is 0.484 e. The second-order valence-corrected chi connectivity index (χ2v) is 16.9. The molecule has 1 nitrogen and oxygen atoms in total. The molecule has 13 rings (SSSR count). The molecule has 0 saturated heterocycles. The first-order valence-electron chi connectivity index (χ1n) is 22.0. The van der Waals surface area contributed by atoms with Gasteiger partial charge in [-0.3, -0.25) is 0 Å². The number of benzene rings is 11. The predicted molar refractivity (Wildman–Crippen MR) is 266 cm³/mol. The third kappa shape index (κ3) is 5.50. The van der Waals surface area contributed by atoms with Gasteiger partial charge in [-0.05, 0) is 116 Å². The fraction of sp³-hybridized carbons (Fsp3) is 0.0323. The van der Waals surface area contributed by atoms with Crippen molar-refractivity contribution in [3.05, 3.63) is 242 Å². The van der Waals surface area contributed by atoms with Crippen LogP contribution in [-0.2, 0) is 0 Å². The standard InChI is InChI=1S/C62H40O/c1-3-18-39(19-4-1)42-35-36-53(44-23-8-7-22-43(42)44)60-49-28-13-11-26-47(49)59(48-27-12-14-29-50(48)60)41-34-37-57-56(38-41)54-32-17-33-55(62(54)63-57)61-51-30-15-9-24-45(51)58(40-20-5-2-6-21-40)46-25-10-16-31-52(46)61/h1-38,54,62H. The molecule has 0 N–H and O–H groups in total. The summed E-state index contributed by atoms with van der Waals surface area (Å²) in [6.45, 7) is 0. The van der Waals surface area contributed by atoms with E-state index < -0.39 is 0 Å². The van der Waals surface area contributed by atoms with Crippen LogP contribution in [0.4, 0.5) is 0 Å². The maximum Gasteiger partial charge on any atom is 0.135 e. The van der Waals surface area contributed by atoms with Crippen molar-refractivity contribution in [2.24, 2.45) is 0 Å². The lowest BCUT2D eigenvalue weighted by Crippen LogP contribution is -2.21. The van der Waals surface area contributed by atoms with E-state index >= 15 is 0 Å². The third-order valence-corrected chi connectivity index (χ3v) is 13.6. The van der Waals surface area contributed by atoms with Crippen molar-refractivity contribution in [1.29, 1.82) is 0 Å². The van der Waals surface area contributed by atoms with Crippen LogP contribution in [-0.4, -0.2) is 6.10 Å². The zero-order valence-corrected chi connectivity index (χ0v) is 34.5. The summed E-state index contributed by atoms with van der Waals surface area (Å²) in [5, 5.41) is 12.5. The van der Waals surface area contributed by atoms with Crippen molar-refractivity contribution in [2.45, 2.75) is 12.0 Å². The van der Waals surface area contributed by atoms with Crippen LogP contribution in [0, 0.1) is 0 Å². The highest BCUT2D eigenvalue weighted by Crippen LogP contribution is 2.52. The Kier molecular flexibility index (Phi) is 8.11. The van der Waals surface area contributed by atoms with Gasteiger partial charge in [0.2, 0.25) is 0 Å². The summed E-state index contributed by atoms with van der Waals surface area (Å²) in [6.07, 6.45) is 6.73. The topological polar surface area (TPSA) is 9.23 Å². The summed E-state index contributed by atoms with van der Waals surface area (Å²) in [5.74, 6) is 1.02. The molecular weight excluding hydrogens is 761 g/mol. The molecule has 2 unspecified atom stereocenters. The lowest BCUT2D eigenvalue weighted by atomic mass is 9.79. The van der Waals surface area contributed by atoms with Crippen LogP contribution in [0.5, 0.6) is 5.75 Å². The van der Waals surface area contributed by atoms with Crippen LogP contribution < -0.4 is 4.74 Å². The van der Waals surface area contributed by atoms with Gasteiger partial charge in [-0.1, -0.05) is 218 Å². The smallest absolute Gasteiger partial charge is 0.135 e. The molecule has 294 valence electrons. The lowest BCUT2D eigenvalue weighted by Gasteiger charge is -2.26. The van der Waals surface area contributed by atoms with Gasteiger partial charge in [-0.25, -0.2) is 0 Å².